The van der Waals surface area contributed by atoms with Crippen LogP contribution in [0.5, 0.6) is 5.75 Å². The van der Waals surface area contributed by atoms with Crippen molar-refractivity contribution in [3.8, 4) is 5.75 Å². The maximum atomic E-state index is 13.6. The summed E-state index contributed by atoms with van der Waals surface area (Å²) in [6, 6.07) is 12.9. The van der Waals surface area contributed by atoms with Crippen LogP contribution >= 0.6 is 0 Å². The molecule has 0 amide bonds. The number of halogens is 1. The van der Waals surface area contributed by atoms with Crippen LogP contribution in [0, 0.1) is 12.7 Å². The highest BCUT2D eigenvalue weighted by Gasteiger charge is 2.17. The summed E-state index contributed by atoms with van der Waals surface area (Å²) in [7, 11) is 1.87. The largest absolute Gasteiger partial charge is 0.494 e. The number of benzene rings is 2. The fourth-order valence-corrected chi connectivity index (χ4v) is 2.44. The van der Waals surface area contributed by atoms with Gasteiger partial charge in [-0.15, -0.1) is 0 Å². The lowest BCUT2D eigenvalue weighted by atomic mass is 9.96. The van der Waals surface area contributed by atoms with Crippen molar-refractivity contribution >= 4 is 0 Å². The van der Waals surface area contributed by atoms with Gasteiger partial charge in [0.1, 0.15) is 11.6 Å². The molecular weight excluding hydrogens is 253 g/mol. The van der Waals surface area contributed by atoms with Gasteiger partial charge in [-0.2, -0.15) is 0 Å². The number of aryl methyl sites for hydroxylation is 1. The summed E-state index contributed by atoms with van der Waals surface area (Å²) in [5.41, 5.74) is 2.83. The molecule has 0 bridgehead atoms. The number of hydrogen-bond acceptors (Lipinski definition) is 2. The summed E-state index contributed by atoms with van der Waals surface area (Å²) in [5, 5.41) is 3.24. The zero-order chi connectivity index (χ0) is 14.5. The topological polar surface area (TPSA) is 21.3 Å². The van der Waals surface area contributed by atoms with Crippen molar-refractivity contribution in [3.63, 3.8) is 0 Å². The molecule has 2 aromatic rings. The number of hydrogen-bond donors (Lipinski definition) is 1. The van der Waals surface area contributed by atoms with Gasteiger partial charge in [-0.05, 0) is 50.2 Å². The molecule has 0 aliphatic carbocycles. The second-order valence-corrected chi connectivity index (χ2v) is 4.75. The Kier molecular flexibility index (Phi) is 4.74. The molecular formula is C17H20FNO. The van der Waals surface area contributed by atoms with Gasteiger partial charge in [-0.1, -0.05) is 24.3 Å². The maximum absolute atomic E-state index is 13.6. The first-order valence-electron chi connectivity index (χ1n) is 6.81. The van der Waals surface area contributed by atoms with Crippen LogP contribution in [0.25, 0.3) is 0 Å². The van der Waals surface area contributed by atoms with E-state index in [2.05, 4.69) is 5.32 Å². The molecule has 0 aliphatic rings. The van der Waals surface area contributed by atoms with Gasteiger partial charge in [0.25, 0.3) is 0 Å². The molecule has 0 radical (unpaired) electrons. The number of para-hydroxylation sites is 1. The highest BCUT2D eigenvalue weighted by atomic mass is 19.1. The van der Waals surface area contributed by atoms with Gasteiger partial charge in [0.15, 0.2) is 0 Å². The average molecular weight is 273 g/mol. The fraction of sp³-hybridized carbons (Fsp3) is 0.294. The van der Waals surface area contributed by atoms with E-state index in [1.54, 1.807) is 6.07 Å². The van der Waals surface area contributed by atoms with Crippen LogP contribution in [0.2, 0.25) is 0 Å². The first-order chi connectivity index (χ1) is 9.65. The molecule has 0 fully saturated rings. The Balaban J connectivity index is 2.46. The quantitative estimate of drug-likeness (QED) is 0.893. The normalized spacial score (nSPS) is 12.2. The molecule has 0 saturated heterocycles. The minimum atomic E-state index is -0.214. The van der Waals surface area contributed by atoms with Gasteiger partial charge in [-0.3, -0.25) is 0 Å². The molecule has 20 heavy (non-hydrogen) atoms. The summed E-state index contributed by atoms with van der Waals surface area (Å²) in [4.78, 5) is 0. The highest BCUT2D eigenvalue weighted by molar-refractivity contribution is 5.42. The molecule has 106 valence electrons. The standard InChI is InChI=1S/C17H20FNO/c1-4-20-16-8-6-5-7-15(16)17(19-3)13-9-12(2)10-14(18)11-13/h5-11,17,19H,4H2,1-3H3. The molecule has 0 heterocycles. The Morgan fingerprint density at radius 2 is 1.95 bits per heavy atom. The first kappa shape index (κ1) is 14.5. The molecule has 0 aliphatic heterocycles. The maximum Gasteiger partial charge on any atom is 0.124 e. The van der Waals surface area contributed by atoms with Gasteiger partial charge in [0.05, 0.1) is 12.6 Å². The van der Waals surface area contributed by atoms with E-state index in [0.29, 0.717) is 6.61 Å². The van der Waals surface area contributed by atoms with Gasteiger partial charge in [0, 0.05) is 5.56 Å². The van der Waals surface area contributed by atoms with Crippen molar-refractivity contribution in [2.45, 2.75) is 19.9 Å². The van der Waals surface area contributed by atoms with Gasteiger partial charge >= 0.3 is 0 Å². The van der Waals surface area contributed by atoms with Crippen LogP contribution in [-0.2, 0) is 0 Å². The van der Waals surface area contributed by atoms with Crippen molar-refractivity contribution in [2.75, 3.05) is 13.7 Å². The van der Waals surface area contributed by atoms with E-state index in [9.17, 15) is 4.39 Å². The first-order valence-corrected chi connectivity index (χ1v) is 6.81. The zero-order valence-electron chi connectivity index (χ0n) is 12.1. The zero-order valence-corrected chi connectivity index (χ0v) is 12.1. The molecule has 1 unspecified atom stereocenters. The fourth-order valence-electron chi connectivity index (χ4n) is 2.44. The van der Waals surface area contributed by atoms with E-state index >= 15 is 0 Å². The van der Waals surface area contributed by atoms with Crippen LogP contribution in [0.4, 0.5) is 4.39 Å². The lowest BCUT2D eigenvalue weighted by Crippen LogP contribution is -2.19. The van der Waals surface area contributed by atoms with E-state index in [0.717, 1.165) is 22.4 Å². The number of rotatable bonds is 5. The average Bonchev–Trinajstić information content (AvgIpc) is 2.41. The molecule has 2 rings (SSSR count). The molecule has 2 nitrogen and oxygen atoms in total. The molecule has 1 atom stereocenters. The Morgan fingerprint density at radius 3 is 2.60 bits per heavy atom. The van der Waals surface area contributed by atoms with E-state index in [4.69, 9.17) is 4.74 Å². The number of ether oxygens (including phenoxy) is 1. The monoisotopic (exact) mass is 273 g/mol. The minimum Gasteiger partial charge on any atom is -0.494 e. The third-order valence-electron chi connectivity index (χ3n) is 3.22. The van der Waals surface area contributed by atoms with Crippen LogP contribution in [-0.4, -0.2) is 13.7 Å². The highest BCUT2D eigenvalue weighted by Crippen LogP contribution is 2.30. The summed E-state index contributed by atoms with van der Waals surface area (Å²) in [6.07, 6.45) is 0. The van der Waals surface area contributed by atoms with E-state index < -0.39 is 0 Å². The van der Waals surface area contributed by atoms with Crippen LogP contribution in [0.1, 0.15) is 29.7 Å². The molecule has 0 spiro atoms. The molecule has 1 N–H and O–H groups in total. The SMILES string of the molecule is CCOc1ccccc1C(NC)c1cc(C)cc(F)c1. The summed E-state index contributed by atoms with van der Waals surface area (Å²) >= 11 is 0. The predicted molar refractivity (Wildman–Crippen MR) is 79.7 cm³/mol. The lowest BCUT2D eigenvalue weighted by molar-refractivity contribution is 0.334. The van der Waals surface area contributed by atoms with Gasteiger partial charge in [-0.25, -0.2) is 4.39 Å². The Hall–Kier alpha value is -1.87. The van der Waals surface area contributed by atoms with Crippen LogP contribution in [0.15, 0.2) is 42.5 Å². The molecule has 0 aromatic heterocycles. The summed E-state index contributed by atoms with van der Waals surface area (Å²) in [5.74, 6) is 0.616. The van der Waals surface area contributed by atoms with Crippen molar-refractivity contribution < 1.29 is 9.13 Å². The smallest absolute Gasteiger partial charge is 0.124 e. The Morgan fingerprint density at radius 1 is 1.20 bits per heavy atom. The lowest BCUT2D eigenvalue weighted by Gasteiger charge is -2.21. The van der Waals surface area contributed by atoms with E-state index in [1.165, 1.54) is 6.07 Å². The predicted octanol–water partition coefficient (Wildman–Crippen LogP) is 3.84. The third kappa shape index (κ3) is 3.17. The van der Waals surface area contributed by atoms with Crippen LogP contribution in [0.3, 0.4) is 0 Å². The van der Waals surface area contributed by atoms with Crippen molar-refractivity contribution in [1.82, 2.24) is 5.32 Å². The number of nitrogens with one attached hydrogen (secondary N) is 1. The summed E-state index contributed by atoms with van der Waals surface area (Å²) < 4.78 is 19.3. The Bertz CT molecular complexity index is 563. The Labute approximate surface area is 119 Å². The van der Waals surface area contributed by atoms with E-state index in [-0.39, 0.29) is 11.9 Å². The van der Waals surface area contributed by atoms with Crippen molar-refractivity contribution in [3.05, 3.63) is 65.0 Å². The third-order valence-corrected chi connectivity index (χ3v) is 3.22. The van der Waals surface area contributed by atoms with Gasteiger partial charge < -0.3 is 10.1 Å². The second kappa shape index (κ2) is 6.53. The molecule has 0 saturated carbocycles. The summed E-state index contributed by atoms with van der Waals surface area (Å²) in [6.45, 7) is 4.46. The minimum absolute atomic E-state index is 0.0906. The molecule has 2 aromatic carbocycles. The van der Waals surface area contributed by atoms with Crippen molar-refractivity contribution in [1.29, 1.82) is 0 Å². The molecule has 3 heteroatoms. The second-order valence-electron chi connectivity index (χ2n) is 4.75. The van der Waals surface area contributed by atoms with Crippen LogP contribution < -0.4 is 10.1 Å². The van der Waals surface area contributed by atoms with Gasteiger partial charge in [0.2, 0.25) is 0 Å². The van der Waals surface area contributed by atoms with E-state index in [1.807, 2.05) is 51.2 Å². The van der Waals surface area contributed by atoms with Crippen molar-refractivity contribution in [2.24, 2.45) is 0 Å².